The van der Waals surface area contributed by atoms with E-state index in [2.05, 4.69) is 4.90 Å². The van der Waals surface area contributed by atoms with Crippen LogP contribution in [0.4, 0.5) is 0 Å². The minimum absolute atomic E-state index is 0.0731. The number of piperidine rings is 1. The highest BCUT2D eigenvalue weighted by atomic mass is 16.4. The molecule has 0 aromatic heterocycles. The molecule has 3 unspecified atom stereocenters. The molecule has 0 saturated carbocycles. The minimum atomic E-state index is -0.998. The Morgan fingerprint density at radius 1 is 1.47 bits per heavy atom. The Labute approximate surface area is 103 Å². The van der Waals surface area contributed by atoms with E-state index in [-0.39, 0.29) is 6.04 Å². The van der Waals surface area contributed by atoms with Crippen molar-refractivity contribution in [2.24, 2.45) is 5.92 Å². The van der Waals surface area contributed by atoms with Crippen LogP contribution in [0.3, 0.4) is 0 Å². The van der Waals surface area contributed by atoms with Gasteiger partial charge >= 0.3 is 5.97 Å². The number of carboxylic acid groups (broad SMARTS) is 1. The number of aliphatic carboxylic acids is 1. The molecule has 2 saturated heterocycles. The average molecular weight is 241 g/mol. The molecule has 0 aliphatic carbocycles. The zero-order valence-electron chi connectivity index (χ0n) is 10.6. The third-order valence-electron chi connectivity index (χ3n) is 4.47. The van der Waals surface area contributed by atoms with E-state index in [0.717, 1.165) is 32.4 Å². The molecule has 0 radical (unpaired) electrons. The summed E-state index contributed by atoms with van der Waals surface area (Å²) in [5.41, 5.74) is -0.998. The molecule has 0 aromatic rings. The molecule has 4 nitrogen and oxygen atoms in total. The van der Waals surface area contributed by atoms with Gasteiger partial charge in [0.1, 0.15) is 0 Å². The van der Waals surface area contributed by atoms with E-state index < -0.39 is 17.5 Å². The highest BCUT2D eigenvalue weighted by Gasteiger charge is 2.53. The summed E-state index contributed by atoms with van der Waals surface area (Å²) < 4.78 is 0. The van der Waals surface area contributed by atoms with Crippen LogP contribution in [0.1, 0.15) is 45.4 Å². The second-order valence-corrected chi connectivity index (χ2v) is 5.47. The lowest BCUT2D eigenvalue weighted by atomic mass is 9.76. The van der Waals surface area contributed by atoms with E-state index in [0.29, 0.717) is 12.8 Å². The molecule has 2 N–H and O–H groups in total. The number of carboxylic acids is 1. The van der Waals surface area contributed by atoms with E-state index in [4.69, 9.17) is 0 Å². The van der Waals surface area contributed by atoms with Crippen LogP contribution in [-0.4, -0.2) is 45.8 Å². The van der Waals surface area contributed by atoms with Gasteiger partial charge in [-0.05, 0) is 32.2 Å². The van der Waals surface area contributed by atoms with Gasteiger partial charge in [-0.2, -0.15) is 0 Å². The van der Waals surface area contributed by atoms with Gasteiger partial charge in [-0.1, -0.05) is 19.8 Å². The molecule has 17 heavy (non-hydrogen) atoms. The Morgan fingerprint density at radius 2 is 2.24 bits per heavy atom. The lowest BCUT2D eigenvalue weighted by molar-refractivity contribution is -0.155. The molecule has 0 bridgehead atoms. The van der Waals surface area contributed by atoms with E-state index >= 15 is 0 Å². The van der Waals surface area contributed by atoms with Crippen molar-refractivity contribution in [1.82, 2.24) is 4.90 Å². The monoisotopic (exact) mass is 241 g/mol. The maximum atomic E-state index is 11.4. The molecule has 2 rings (SSSR count). The number of rotatable bonds is 4. The number of nitrogens with zero attached hydrogens (tertiary/aromatic N) is 1. The van der Waals surface area contributed by atoms with Crippen molar-refractivity contribution in [3.05, 3.63) is 0 Å². The smallest absolute Gasteiger partial charge is 0.309 e. The van der Waals surface area contributed by atoms with Crippen molar-refractivity contribution in [2.45, 2.75) is 57.1 Å². The minimum Gasteiger partial charge on any atom is -0.481 e. The SMILES string of the molecule is CCCC(C(=O)O)C1(O)CCN2CCCCC21. The quantitative estimate of drug-likeness (QED) is 0.782. The van der Waals surface area contributed by atoms with Crippen LogP contribution in [0.2, 0.25) is 0 Å². The van der Waals surface area contributed by atoms with Crippen LogP contribution in [0.25, 0.3) is 0 Å². The summed E-state index contributed by atoms with van der Waals surface area (Å²) in [6, 6.07) is 0.0731. The van der Waals surface area contributed by atoms with Gasteiger partial charge in [0.15, 0.2) is 0 Å². The molecule has 3 atom stereocenters. The molecule has 4 heteroatoms. The molecule has 98 valence electrons. The average Bonchev–Trinajstić information content (AvgIpc) is 2.65. The Morgan fingerprint density at radius 3 is 2.88 bits per heavy atom. The first-order valence-corrected chi connectivity index (χ1v) is 6.79. The van der Waals surface area contributed by atoms with Crippen LogP contribution in [0.15, 0.2) is 0 Å². The van der Waals surface area contributed by atoms with Crippen molar-refractivity contribution in [1.29, 1.82) is 0 Å². The second-order valence-electron chi connectivity index (χ2n) is 5.47. The van der Waals surface area contributed by atoms with E-state index in [9.17, 15) is 15.0 Å². The first kappa shape index (κ1) is 12.8. The molecular weight excluding hydrogens is 218 g/mol. The number of carbonyl (C=O) groups is 1. The van der Waals surface area contributed by atoms with Gasteiger partial charge in [-0.3, -0.25) is 9.69 Å². The maximum Gasteiger partial charge on any atom is 0.309 e. The Bertz CT molecular complexity index is 294. The second kappa shape index (κ2) is 4.94. The summed E-state index contributed by atoms with van der Waals surface area (Å²) in [6.07, 6.45) is 5.25. The Kier molecular flexibility index (Phi) is 3.73. The highest BCUT2D eigenvalue weighted by Crippen LogP contribution is 2.41. The molecule has 0 aromatic carbocycles. The molecule has 2 fully saturated rings. The van der Waals surface area contributed by atoms with E-state index in [1.165, 1.54) is 6.42 Å². The fraction of sp³-hybridized carbons (Fsp3) is 0.923. The standard InChI is InChI=1S/C13H23NO3/c1-2-5-10(12(15)16)13(17)7-9-14-8-4-3-6-11(13)14/h10-11,17H,2-9H2,1H3,(H,15,16). The lowest BCUT2D eigenvalue weighted by Gasteiger charge is -2.40. The summed E-state index contributed by atoms with van der Waals surface area (Å²) in [4.78, 5) is 13.7. The molecular formula is C13H23NO3. The Balaban J connectivity index is 2.18. The lowest BCUT2D eigenvalue weighted by Crippen LogP contribution is -2.53. The van der Waals surface area contributed by atoms with E-state index in [1.807, 2.05) is 6.92 Å². The van der Waals surface area contributed by atoms with Crippen molar-refractivity contribution >= 4 is 5.97 Å². The van der Waals surface area contributed by atoms with Crippen molar-refractivity contribution in [3.63, 3.8) is 0 Å². The summed E-state index contributed by atoms with van der Waals surface area (Å²) in [6.45, 7) is 3.85. The van der Waals surface area contributed by atoms with Gasteiger partial charge < -0.3 is 10.2 Å². The van der Waals surface area contributed by atoms with Crippen LogP contribution in [-0.2, 0) is 4.79 Å². The summed E-state index contributed by atoms with van der Waals surface area (Å²) in [5.74, 6) is -1.43. The zero-order chi connectivity index (χ0) is 12.5. The molecule has 2 aliphatic rings. The normalized spacial score (nSPS) is 35.5. The van der Waals surface area contributed by atoms with Crippen molar-refractivity contribution < 1.29 is 15.0 Å². The fourth-order valence-corrected chi connectivity index (χ4v) is 3.60. The third kappa shape index (κ3) is 2.20. The number of hydrogen-bond acceptors (Lipinski definition) is 3. The van der Waals surface area contributed by atoms with Gasteiger partial charge in [0.25, 0.3) is 0 Å². The maximum absolute atomic E-state index is 11.4. The summed E-state index contributed by atoms with van der Waals surface area (Å²) >= 11 is 0. The number of fused-ring (bicyclic) bond motifs is 1. The van der Waals surface area contributed by atoms with Crippen LogP contribution < -0.4 is 0 Å². The highest BCUT2D eigenvalue weighted by molar-refractivity contribution is 5.71. The van der Waals surface area contributed by atoms with Crippen molar-refractivity contribution in [3.8, 4) is 0 Å². The summed E-state index contributed by atoms with van der Waals surface area (Å²) in [5, 5.41) is 20.2. The van der Waals surface area contributed by atoms with Gasteiger partial charge in [-0.15, -0.1) is 0 Å². The first-order chi connectivity index (χ1) is 8.09. The fourth-order valence-electron chi connectivity index (χ4n) is 3.60. The molecule has 2 heterocycles. The summed E-state index contributed by atoms with van der Waals surface area (Å²) in [7, 11) is 0. The van der Waals surface area contributed by atoms with Crippen LogP contribution in [0.5, 0.6) is 0 Å². The zero-order valence-corrected chi connectivity index (χ0v) is 10.6. The topological polar surface area (TPSA) is 60.8 Å². The van der Waals surface area contributed by atoms with Gasteiger partial charge in [0.2, 0.25) is 0 Å². The van der Waals surface area contributed by atoms with Crippen molar-refractivity contribution in [2.75, 3.05) is 13.1 Å². The first-order valence-electron chi connectivity index (χ1n) is 6.79. The number of hydrogen-bond donors (Lipinski definition) is 2. The third-order valence-corrected chi connectivity index (χ3v) is 4.47. The van der Waals surface area contributed by atoms with Crippen LogP contribution in [0, 0.1) is 5.92 Å². The Hall–Kier alpha value is -0.610. The van der Waals surface area contributed by atoms with Gasteiger partial charge in [-0.25, -0.2) is 0 Å². The van der Waals surface area contributed by atoms with Crippen LogP contribution >= 0.6 is 0 Å². The van der Waals surface area contributed by atoms with Gasteiger partial charge in [0.05, 0.1) is 11.5 Å². The van der Waals surface area contributed by atoms with Gasteiger partial charge in [0, 0.05) is 12.6 Å². The predicted molar refractivity (Wildman–Crippen MR) is 64.8 cm³/mol. The largest absolute Gasteiger partial charge is 0.481 e. The van der Waals surface area contributed by atoms with E-state index in [1.54, 1.807) is 0 Å². The predicted octanol–water partition coefficient (Wildman–Crippen LogP) is 1.48. The molecule has 2 aliphatic heterocycles. The molecule has 0 spiro atoms. The number of aliphatic hydroxyl groups is 1. The molecule has 0 amide bonds.